The number of aliphatic hydroxyl groups excluding tert-OH is 1. The van der Waals surface area contributed by atoms with Crippen LogP contribution in [0.2, 0.25) is 0 Å². The van der Waals surface area contributed by atoms with Gasteiger partial charge in [0.1, 0.15) is 0 Å². The van der Waals surface area contributed by atoms with Gasteiger partial charge in [0, 0.05) is 32.2 Å². The number of aliphatic hydroxyl groups is 1. The van der Waals surface area contributed by atoms with Gasteiger partial charge < -0.3 is 15.3 Å². The largest absolute Gasteiger partial charge is 0.395 e. The van der Waals surface area contributed by atoms with Gasteiger partial charge >= 0.3 is 0 Å². The Kier molecular flexibility index (Phi) is 6.11. The summed E-state index contributed by atoms with van der Waals surface area (Å²) < 4.78 is 0. The molecule has 1 aliphatic carbocycles. The highest BCUT2D eigenvalue weighted by atomic mass is 16.3. The first-order chi connectivity index (χ1) is 9.19. The maximum absolute atomic E-state index is 8.99. The molecule has 2 rings (SSSR count). The Morgan fingerprint density at radius 1 is 1.21 bits per heavy atom. The van der Waals surface area contributed by atoms with Crippen LogP contribution in [0.15, 0.2) is 0 Å². The first-order valence-corrected chi connectivity index (χ1v) is 8.25. The topological polar surface area (TPSA) is 35.5 Å². The van der Waals surface area contributed by atoms with Crippen molar-refractivity contribution in [3.8, 4) is 0 Å². The van der Waals surface area contributed by atoms with Crippen LogP contribution >= 0.6 is 0 Å². The lowest BCUT2D eigenvalue weighted by Crippen LogP contribution is -2.51. The van der Waals surface area contributed by atoms with Crippen LogP contribution in [0, 0.1) is 17.8 Å². The third kappa shape index (κ3) is 4.73. The maximum atomic E-state index is 8.99. The second kappa shape index (κ2) is 7.61. The van der Waals surface area contributed by atoms with Crippen molar-refractivity contribution in [1.29, 1.82) is 0 Å². The van der Waals surface area contributed by atoms with Crippen LogP contribution in [0.3, 0.4) is 0 Å². The molecule has 3 nitrogen and oxygen atoms in total. The van der Waals surface area contributed by atoms with Gasteiger partial charge in [0.25, 0.3) is 0 Å². The van der Waals surface area contributed by atoms with Gasteiger partial charge in [-0.15, -0.1) is 0 Å². The zero-order valence-electron chi connectivity index (χ0n) is 12.8. The summed E-state index contributed by atoms with van der Waals surface area (Å²) in [6.45, 7) is 9.48. The van der Waals surface area contributed by atoms with Gasteiger partial charge in [-0.1, -0.05) is 26.7 Å². The Morgan fingerprint density at radius 2 is 1.95 bits per heavy atom. The summed E-state index contributed by atoms with van der Waals surface area (Å²) in [7, 11) is 0. The summed E-state index contributed by atoms with van der Waals surface area (Å²) in [4.78, 5) is 2.69. The molecule has 0 aromatic rings. The van der Waals surface area contributed by atoms with E-state index in [4.69, 9.17) is 5.11 Å². The summed E-state index contributed by atoms with van der Waals surface area (Å²) in [5.41, 5.74) is 0. The monoisotopic (exact) mass is 268 g/mol. The normalized spacial score (nSPS) is 30.3. The van der Waals surface area contributed by atoms with Crippen LogP contribution in [0.5, 0.6) is 0 Å². The fraction of sp³-hybridized carbons (Fsp3) is 1.00. The van der Waals surface area contributed by atoms with Gasteiger partial charge in [-0.2, -0.15) is 0 Å². The quantitative estimate of drug-likeness (QED) is 0.774. The van der Waals surface area contributed by atoms with Crippen LogP contribution < -0.4 is 5.32 Å². The average molecular weight is 268 g/mol. The van der Waals surface area contributed by atoms with E-state index in [1.165, 1.54) is 51.7 Å². The lowest BCUT2D eigenvalue weighted by molar-refractivity contribution is 0.0991. The zero-order valence-corrected chi connectivity index (χ0v) is 12.8. The van der Waals surface area contributed by atoms with Crippen molar-refractivity contribution in [2.75, 3.05) is 32.8 Å². The summed E-state index contributed by atoms with van der Waals surface area (Å²) in [6.07, 6.45) is 7.05. The van der Waals surface area contributed by atoms with E-state index in [-0.39, 0.29) is 6.61 Å². The standard InChI is InChI=1S/C16H32N2O/c1-13(2)15-9-16(17-7-8-19)12-18(11-15)10-14-5-3-4-6-14/h13-17,19H,3-12H2,1-2H3. The van der Waals surface area contributed by atoms with E-state index in [2.05, 4.69) is 24.1 Å². The van der Waals surface area contributed by atoms with Crippen molar-refractivity contribution in [3.05, 3.63) is 0 Å². The Hall–Kier alpha value is -0.120. The van der Waals surface area contributed by atoms with Crippen LogP contribution in [0.25, 0.3) is 0 Å². The lowest BCUT2D eigenvalue weighted by atomic mass is 9.85. The van der Waals surface area contributed by atoms with Crippen molar-refractivity contribution in [1.82, 2.24) is 10.2 Å². The average Bonchev–Trinajstić information content (AvgIpc) is 2.89. The summed E-state index contributed by atoms with van der Waals surface area (Å²) in [5.74, 6) is 2.53. The molecule has 1 saturated heterocycles. The molecular weight excluding hydrogens is 236 g/mol. The minimum Gasteiger partial charge on any atom is -0.395 e. The van der Waals surface area contributed by atoms with Gasteiger partial charge in [0.05, 0.1) is 6.61 Å². The number of likely N-dealkylation sites (tertiary alicyclic amines) is 1. The highest BCUT2D eigenvalue weighted by Crippen LogP contribution is 2.29. The SMILES string of the molecule is CC(C)C1CC(NCCO)CN(CC2CCCC2)C1. The Balaban J connectivity index is 1.85. The maximum Gasteiger partial charge on any atom is 0.0556 e. The highest BCUT2D eigenvalue weighted by Gasteiger charge is 2.30. The van der Waals surface area contributed by atoms with Crippen molar-refractivity contribution in [2.45, 2.75) is 52.0 Å². The summed E-state index contributed by atoms with van der Waals surface area (Å²) in [6, 6.07) is 0.578. The van der Waals surface area contributed by atoms with E-state index in [0.29, 0.717) is 6.04 Å². The summed E-state index contributed by atoms with van der Waals surface area (Å²) in [5, 5.41) is 12.5. The molecule has 3 heteroatoms. The number of nitrogens with one attached hydrogen (secondary N) is 1. The molecule has 1 aliphatic heterocycles. The Morgan fingerprint density at radius 3 is 2.58 bits per heavy atom. The Labute approximate surface area is 118 Å². The molecule has 2 unspecified atom stereocenters. The zero-order chi connectivity index (χ0) is 13.7. The molecule has 0 aromatic carbocycles. The van der Waals surface area contributed by atoms with E-state index in [9.17, 15) is 0 Å². The molecule has 2 N–H and O–H groups in total. The van der Waals surface area contributed by atoms with Crippen LogP contribution in [-0.2, 0) is 0 Å². The van der Waals surface area contributed by atoms with Crippen LogP contribution in [-0.4, -0.2) is 48.8 Å². The van der Waals surface area contributed by atoms with Crippen LogP contribution in [0.4, 0.5) is 0 Å². The van der Waals surface area contributed by atoms with E-state index in [0.717, 1.165) is 24.3 Å². The highest BCUT2D eigenvalue weighted by molar-refractivity contribution is 4.86. The first kappa shape index (κ1) is 15.3. The minimum absolute atomic E-state index is 0.255. The fourth-order valence-corrected chi connectivity index (χ4v) is 3.84. The van der Waals surface area contributed by atoms with E-state index >= 15 is 0 Å². The lowest BCUT2D eigenvalue weighted by Gasteiger charge is -2.41. The molecular formula is C16H32N2O. The van der Waals surface area contributed by atoms with Gasteiger partial charge in [-0.25, -0.2) is 0 Å². The molecule has 0 radical (unpaired) electrons. The van der Waals surface area contributed by atoms with E-state index in [1.54, 1.807) is 0 Å². The fourth-order valence-electron chi connectivity index (χ4n) is 3.84. The molecule has 2 aliphatic rings. The van der Waals surface area contributed by atoms with E-state index in [1.807, 2.05) is 0 Å². The smallest absolute Gasteiger partial charge is 0.0556 e. The second-order valence-corrected chi connectivity index (χ2v) is 6.98. The third-order valence-corrected chi connectivity index (χ3v) is 5.04. The molecule has 0 bridgehead atoms. The van der Waals surface area contributed by atoms with Crippen molar-refractivity contribution < 1.29 is 5.11 Å². The second-order valence-electron chi connectivity index (χ2n) is 6.98. The van der Waals surface area contributed by atoms with Gasteiger partial charge in [-0.05, 0) is 37.0 Å². The molecule has 1 heterocycles. The predicted octanol–water partition coefficient (Wildman–Crippen LogP) is 2.10. The van der Waals surface area contributed by atoms with Gasteiger partial charge in [0.15, 0.2) is 0 Å². The van der Waals surface area contributed by atoms with Crippen molar-refractivity contribution in [2.24, 2.45) is 17.8 Å². The van der Waals surface area contributed by atoms with Gasteiger partial charge in [0.2, 0.25) is 0 Å². The molecule has 19 heavy (non-hydrogen) atoms. The summed E-state index contributed by atoms with van der Waals surface area (Å²) >= 11 is 0. The molecule has 1 saturated carbocycles. The predicted molar refractivity (Wildman–Crippen MR) is 80.2 cm³/mol. The number of hydrogen-bond donors (Lipinski definition) is 2. The number of piperidine rings is 1. The molecule has 2 atom stereocenters. The molecule has 0 spiro atoms. The molecule has 2 fully saturated rings. The molecule has 112 valence electrons. The van der Waals surface area contributed by atoms with Crippen molar-refractivity contribution >= 4 is 0 Å². The first-order valence-electron chi connectivity index (χ1n) is 8.25. The molecule has 0 amide bonds. The van der Waals surface area contributed by atoms with Gasteiger partial charge in [-0.3, -0.25) is 0 Å². The third-order valence-electron chi connectivity index (χ3n) is 5.04. The number of rotatable bonds is 6. The van der Waals surface area contributed by atoms with Crippen molar-refractivity contribution in [3.63, 3.8) is 0 Å². The number of hydrogen-bond acceptors (Lipinski definition) is 3. The van der Waals surface area contributed by atoms with Crippen LogP contribution in [0.1, 0.15) is 46.0 Å². The Bertz CT molecular complexity index is 249. The number of nitrogens with zero attached hydrogens (tertiary/aromatic N) is 1. The van der Waals surface area contributed by atoms with E-state index < -0.39 is 0 Å². The molecule has 0 aromatic heterocycles. The minimum atomic E-state index is 0.255.